The second-order valence-electron chi connectivity index (χ2n) is 6.55. The summed E-state index contributed by atoms with van der Waals surface area (Å²) in [7, 11) is 1.81. The molecular formula is C16H26N4O. The molecule has 1 unspecified atom stereocenters. The normalized spacial score (nSPS) is 24.5. The zero-order chi connectivity index (χ0) is 14.7. The van der Waals surface area contributed by atoms with Crippen molar-refractivity contribution in [2.45, 2.75) is 44.6 Å². The van der Waals surface area contributed by atoms with Crippen LogP contribution in [0.25, 0.3) is 0 Å². The molecule has 21 heavy (non-hydrogen) atoms. The monoisotopic (exact) mass is 290 g/mol. The van der Waals surface area contributed by atoms with E-state index in [-0.39, 0.29) is 5.60 Å². The molecule has 116 valence electrons. The maximum atomic E-state index is 5.64. The highest BCUT2D eigenvalue weighted by atomic mass is 16.5. The zero-order valence-electron chi connectivity index (χ0n) is 13.1. The van der Waals surface area contributed by atoms with Crippen LogP contribution in [0.3, 0.4) is 0 Å². The van der Waals surface area contributed by atoms with Gasteiger partial charge in [-0.1, -0.05) is 6.92 Å². The Morgan fingerprint density at radius 2 is 2.24 bits per heavy atom. The van der Waals surface area contributed by atoms with Crippen LogP contribution >= 0.6 is 0 Å². The Balaban J connectivity index is 1.63. The summed E-state index contributed by atoms with van der Waals surface area (Å²) in [6.07, 6.45) is 7.77. The Labute approximate surface area is 127 Å². The first-order valence-electron chi connectivity index (χ1n) is 8.07. The number of aromatic nitrogens is 2. The van der Waals surface area contributed by atoms with E-state index in [4.69, 9.17) is 4.74 Å². The van der Waals surface area contributed by atoms with Gasteiger partial charge in [0.25, 0.3) is 0 Å². The molecule has 1 atom stereocenters. The molecule has 1 aromatic heterocycles. The predicted molar refractivity (Wildman–Crippen MR) is 84.7 cm³/mol. The molecule has 0 bridgehead atoms. The Morgan fingerprint density at radius 1 is 1.38 bits per heavy atom. The molecule has 0 aromatic carbocycles. The van der Waals surface area contributed by atoms with Gasteiger partial charge in [0.15, 0.2) is 0 Å². The molecule has 5 nitrogen and oxygen atoms in total. The molecule has 2 fully saturated rings. The molecule has 2 heterocycles. The summed E-state index contributed by atoms with van der Waals surface area (Å²) in [5.74, 6) is 2.69. The average molecular weight is 290 g/mol. The van der Waals surface area contributed by atoms with Crippen molar-refractivity contribution in [2.24, 2.45) is 5.92 Å². The second-order valence-corrected chi connectivity index (χ2v) is 6.55. The maximum Gasteiger partial charge on any atom is 0.134 e. The summed E-state index contributed by atoms with van der Waals surface area (Å²) in [6, 6.07) is 2.07. The summed E-state index contributed by atoms with van der Waals surface area (Å²) >= 11 is 0. The predicted octanol–water partition coefficient (Wildman–Crippen LogP) is 2.69. The van der Waals surface area contributed by atoms with Gasteiger partial charge < -0.3 is 15.0 Å². The van der Waals surface area contributed by atoms with Gasteiger partial charge in [-0.05, 0) is 38.0 Å². The summed E-state index contributed by atoms with van der Waals surface area (Å²) in [5, 5.41) is 3.43. The topological polar surface area (TPSA) is 50.3 Å². The lowest BCUT2D eigenvalue weighted by Crippen LogP contribution is -2.45. The van der Waals surface area contributed by atoms with E-state index >= 15 is 0 Å². The molecule has 0 spiro atoms. The summed E-state index contributed by atoms with van der Waals surface area (Å²) < 4.78 is 5.64. The summed E-state index contributed by atoms with van der Waals surface area (Å²) in [5.41, 5.74) is 0.0186. The number of anilines is 2. The second kappa shape index (κ2) is 6.18. The van der Waals surface area contributed by atoms with Crippen LogP contribution in [0.15, 0.2) is 12.4 Å². The molecule has 1 saturated carbocycles. The van der Waals surface area contributed by atoms with Crippen LogP contribution in [0.1, 0.15) is 39.0 Å². The van der Waals surface area contributed by atoms with Crippen LogP contribution in [0.5, 0.6) is 0 Å². The first-order chi connectivity index (χ1) is 10.2. The minimum Gasteiger partial charge on any atom is -0.376 e. The largest absolute Gasteiger partial charge is 0.376 e. The van der Waals surface area contributed by atoms with E-state index in [0.29, 0.717) is 0 Å². The number of rotatable bonds is 5. The van der Waals surface area contributed by atoms with Gasteiger partial charge in [0.05, 0.1) is 5.60 Å². The van der Waals surface area contributed by atoms with Crippen molar-refractivity contribution >= 4 is 11.6 Å². The lowest BCUT2D eigenvalue weighted by molar-refractivity contribution is -0.0601. The summed E-state index contributed by atoms with van der Waals surface area (Å²) in [6.45, 7) is 5.34. The molecular weight excluding hydrogens is 264 g/mol. The number of hydrogen-bond acceptors (Lipinski definition) is 5. The molecule has 1 aliphatic carbocycles. The number of methoxy groups -OCH3 is 1. The number of hydrogen-bond donors (Lipinski definition) is 1. The Bertz CT molecular complexity index is 470. The zero-order valence-corrected chi connectivity index (χ0v) is 13.1. The van der Waals surface area contributed by atoms with Crippen molar-refractivity contribution in [2.75, 3.05) is 37.0 Å². The third-order valence-corrected chi connectivity index (χ3v) is 4.92. The van der Waals surface area contributed by atoms with Crippen molar-refractivity contribution in [3.63, 3.8) is 0 Å². The molecule has 3 rings (SSSR count). The van der Waals surface area contributed by atoms with Crippen molar-refractivity contribution in [3.05, 3.63) is 12.4 Å². The molecule has 0 amide bonds. The fourth-order valence-electron chi connectivity index (χ4n) is 3.29. The lowest BCUT2D eigenvalue weighted by Gasteiger charge is -2.40. The lowest BCUT2D eigenvalue weighted by atomic mass is 9.80. The van der Waals surface area contributed by atoms with E-state index in [1.54, 1.807) is 13.4 Å². The minimum atomic E-state index is 0.0186. The molecule has 1 aromatic rings. The van der Waals surface area contributed by atoms with Gasteiger partial charge in [-0.25, -0.2) is 9.97 Å². The van der Waals surface area contributed by atoms with Crippen LogP contribution in [0, 0.1) is 5.92 Å². The van der Waals surface area contributed by atoms with Gasteiger partial charge in [-0.3, -0.25) is 0 Å². The number of nitrogens with one attached hydrogen (secondary N) is 1. The highest BCUT2D eigenvalue weighted by Gasteiger charge is 2.36. The summed E-state index contributed by atoms with van der Waals surface area (Å²) in [4.78, 5) is 11.2. The average Bonchev–Trinajstić information content (AvgIpc) is 2.47. The van der Waals surface area contributed by atoms with Crippen molar-refractivity contribution in [1.29, 1.82) is 0 Å². The fraction of sp³-hybridized carbons (Fsp3) is 0.750. The quantitative estimate of drug-likeness (QED) is 0.903. The van der Waals surface area contributed by atoms with Crippen LogP contribution < -0.4 is 10.2 Å². The van der Waals surface area contributed by atoms with E-state index in [1.165, 1.54) is 19.3 Å². The van der Waals surface area contributed by atoms with Crippen LogP contribution in [-0.2, 0) is 4.74 Å². The van der Waals surface area contributed by atoms with Gasteiger partial charge in [0.2, 0.25) is 0 Å². The smallest absolute Gasteiger partial charge is 0.134 e. The standard InChI is InChI=1S/C16H26N4O/c1-13-5-3-8-20(10-13)15-9-14(18-12-19-15)17-11-16(21-2)6-4-7-16/h9,12-13H,3-8,10-11H2,1-2H3,(H,17,18,19). The number of piperidine rings is 1. The first kappa shape index (κ1) is 14.6. The molecule has 1 N–H and O–H groups in total. The van der Waals surface area contributed by atoms with E-state index in [2.05, 4.69) is 33.2 Å². The van der Waals surface area contributed by atoms with Gasteiger partial charge in [-0.15, -0.1) is 0 Å². The molecule has 5 heteroatoms. The van der Waals surface area contributed by atoms with Crippen LogP contribution in [0.4, 0.5) is 11.6 Å². The third-order valence-electron chi connectivity index (χ3n) is 4.92. The third kappa shape index (κ3) is 3.28. The van der Waals surface area contributed by atoms with Gasteiger partial charge >= 0.3 is 0 Å². The van der Waals surface area contributed by atoms with Gasteiger partial charge in [-0.2, -0.15) is 0 Å². The minimum absolute atomic E-state index is 0.0186. The highest BCUT2D eigenvalue weighted by molar-refractivity contribution is 5.49. The molecule has 2 aliphatic rings. The van der Waals surface area contributed by atoms with E-state index in [0.717, 1.165) is 50.0 Å². The fourth-order valence-corrected chi connectivity index (χ4v) is 3.29. The van der Waals surface area contributed by atoms with Gasteiger partial charge in [0, 0.05) is 32.8 Å². The van der Waals surface area contributed by atoms with Crippen molar-refractivity contribution < 1.29 is 4.74 Å². The van der Waals surface area contributed by atoms with E-state index in [1.807, 2.05) is 0 Å². The maximum absolute atomic E-state index is 5.64. The Kier molecular flexibility index (Phi) is 4.29. The number of nitrogens with zero attached hydrogens (tertiary/aromatic N) is 3. The van der Waals surface area contributed by atoms with Gasteiger partial charge in [0.1, 0.15) is 18.0 Å². The van der Waals surface area contributed by atoms with Crippen molar-refractivity contribution in [3.8, 4) is 0 Å². The molecule has 0 radical (unpaired) electrons. The number of ether oxygens (including phenoxy) is 1. The van der Waals surface area contributed by atoms with Crippen molar-refractivity contribution in [1.82, 2.24) is 9.97 Å². The molecule has 1 aliphatic heterocycles. The first-order valence-corrected chi connectivity index (χ1v) is 8.07. The van der Waals surface area contributed by atoms with Crippen LogP contribution in [0.2, 0.25) is 0 Å². The van der Waals surface area contributed by atoms with Crippen LogP contribution in [-0.4, -0.2) is 42.3 Å². The van der Waals surface area contributed by atoms with E-state index in [9.17, 15) is 0 Å². The van der Waals surface area contributed by atoms with E-state index < -0.39 is 0 Å². The highest BCUT2D eigenvalue weighted by Crippen LogP contribution is 2.35. The Morgan fingerprint density at radius 3 is 2.90 bits per heavy atom. The SMILES string of the molecule is COC1(CNc2cc(N3CCCC(C)C3)ncn2)CCC1. The molecule has 1 saturated heterocycles. The Hall–Kier alpha value is -1.36.